The Balaban J connectivity index is 0.00000166. The van der Waals surface area contributed by atoms with Gasteiger partial charge in [0.25, 0.3) is 5.91 Å². The first-order valence-electron chi connectivity index (χ1n) is 10.5. The Morgan fingerprint density at radius 3 is 2.65 bits per heavy atom. The first kappa shape index (κ1) is 24.3. The fourth-order valence-corrected chi connectivity index (χ4v) is 3.21. The molecule has 2 aromatic rings. The minimum absolute atomic E-state index is 0.0396. The Labute approximate surface area is 183 Å². The smallest absolute Gasteiger partial charge is 0.305 e. The van der Waals surface area contributed by atoms with Crippen LogP contribution in [-0.2, 0) is 9.53 Å². The van der Waals surface area contributed by atoms with Crippen LogP contribution < -0.4 is 10.6 Å². The summed E-state index contributed by atoms with van der Waals surface area (Å²) in [5, 5.41) is 5.95. The number of ether oxygens (including phenoxy) is 1. The molecule has 168 valence electrons. The van der Waals surface area contributed by atoms with Gasteiger partial charge in [0, 0.05) is 25.7 Å². The zero-order chi connectivity index (χ0) is 22.8. The van der Waals surface area contributed by atoms with Gasteiger partial charge in [-0.3, -0.25) is 19.5 Å². The monoisotopic (exact) mass is 430 g/mol. The maximum absolute atomic E-state index is 14.1. The van der Waals surface area contributed by atoms with Gasteiger partial charge >= 0.3 is 5.97 Å². The zero-order valence-electron chi connectivity index (χ0n) is 18.6. The quantitative estimate of drug-likeness (QED) is 0.622. The van der Waals surface area contributed by atoms with Crippen LogP contribution in [0.2, 0.25) is 0 Å². The summed E-state index contributed by atoms with van der Waals surface area (Å²) in [4.78, 5) is 30.0. The topological polar surface area (TPSA) is 83.6 Å². The van der Waals surface area contributed by atoms with Gasteiger partial charge in [-0.2, -0.15) is 0 Å². The van der Waals surface area contributed by atoms with E-state index in [9.17, 15) is 14.0 Å². The molecule has 31 heavy (non-hydrogen) atoms. The number of carbonyl (C=O) groups is 2. The van der Waals surface area contributed by atoms with Crippen LogP contribution in [0.4, 0.5) is 15.8 Å². The Kier molecular flexibility index (Phi) is 9.40. The van der Waals surface area contributed by atoms with Gasteiger partial charge in [-0.15, -0.1) is 0 Å². The highest BCUT2D eigenvalue weighted by molar-refractivity contribution is 6.00. The molecule has 1 fully saturated rings. The fourth-order valence-electron chi connectivity index (χ4n) is 3.21. The lowest BCUT2D eigenvalue weighted by atomic mass is 10.1. The number of pyridine rings is 1. The maximum atomic E-state index is 14.1. The van der Waals surface area contributed by atoms with E-state index in [0.717, 1.165) is 31.6 Å². The molecule has 0 atom stereocenters. The number of amides is 1. The van der Waals surface area contributed by atoms with E-state index in [-0.39, 0.29) is 29.4 Å². The van der Waals surface area contributed by atoms with Crippen molar-refractivity contribution in [1.29, 1.82) is 0 Å². The number of benzene rings is 1. The van der Waals surface area contributed by atoms with Gasteiger partial charge in [-0.25, -0.2) is 4.39 Å². The molecular weight excluding hydrogens is 399 g/mol. The first-order valence-corrected chi connectivity index (χ1v) is 10.5. The van der Waals surface area contributed by atoms with E-state index in [1.807, 2.05) is 20.8 Å². The Morgan fingerprint density at radius 2 is 1.97 bits per heavy atom. The normalized spacial score (nSPS) is 13.5. The summed E-state index contributed by atoms with van der Waals surface area (Å²) in [6.45, 7) is 8.06. The summed E-state index contributed by atoms with van der Waals surface area (Å²) in [5.74, 6) is -0.832. The molecule has 0 bridgehead atoms. The third kappa shape index (κ3) is 7.03. The molecule has 3 rings (SSSR count). The highest BCUT2D eigenvalue weighted by atomic mass is 19.1. The summed E-state index contributed by atoms with van der Waals surface area (Å²) in [6, 6.07) is 6.51. The molecule has 8 heteroatoms. The average Bonchev–Trinajstić information content (AvgIpc) is 2.75. The van der Waals surface area contributed by atoms with Crippen molar-refractivity contribution in [2.24, 2.45) is 0 Å². The van der Waals surface area contributed by atoms with Gasteiger partial charge in [-0.05, 0) is 43.7 Å². The lowest BCUT2D eigenvalue weighted by molar-refractivity contribution is -0.140. The molecule has 1 aliphatic rings. The number of esters is 1. The van der Waals surface area contributed by atoms with E-state index in [1.165, 1.54) is 25.6 Å². The van der Waals surface area contributed by atoms with Crippen LogP contribution in [0.5, 0.6) is 0 Å². The van der Waals surface area contributed by atoms with Crippen molar-refractivity contribution in [2.45, 2.75) is 39.7 Å². The van der Waals surface area contributed by atoms with Crippen LogP contribution in [0.1, 0.15) is 42.6 Å². The van der Waals surface area contributed by atoms with E-state index in [4.69, 9.17) is 0 Å². The van der Waals surface area contributed by atoms with Crippen molar-refractivity contribution in [3.63, 3.8) is 0 Å². The Hall–Kier alpha value is -3.00. The number of nitrogens with one attached hydrogen (secondary N) is 2. The van der Waals surface area contributed by atoms with Gasteiger partial charge in [0.1, 0.15) is 5.82 Å². The van der Waals surface area contributed by atoms with Crippen LogP contribution in [-0.4, -0.2) is 54.5 Å². The molecule has 1 amide bonds. The Morgan fingerprint density at radius 1 is 1.23 bits per heavy atom. The van der Waals surface area contributed by atoms with Gasteiger partial charge in [-0.1, -0.05) is 19.9 Å². The lowest BCUT2D eigenvalue weighted by Crippen LogP contribution is -2.59. The Bertz CT molecular complexity index is 885. The van der Waals surface area contributed by atoms with Crippen LogP contribution in [0.15, 0.2) is 36.7 Å². The summed E-state index contributed by atoms with van der Waals surface area (Å²) in [5.41, 5.74) is 1.96. The van der Waals surface area contributed by atoms with E-state index >= 15 is 0 Å². The molecule has 1 aromatic heterocycles. The van der Waals surface area contributed by atoms with Gasteiger partial charge in [0.15, 0.2) is 0 Å². The SMILES string of the molecule is CC.COC(=O)CCCN1CC(NC(=O)c2ccncc2Nc2ccc(C)cc2F)C1. The number of halogens is 1. The highest BCUT2D eigenvalue weighted by Gasteiger charge is 2.28. The van der Waals surface area contributed by atoms with Crippen molar-refractivity contribution in [3.8, 4) is 0 Å². The third-order valence-corrected chi connectivity index (χ3v) is 4.83. The molecule has 0 radical (unpaired) electrons. The maximum Gasteiger partial charge on any atom is 0.305 e. The molecule has 0 spiro atoms. The summed E-state index contributed by atoms with van der Waals surface area (Å²) >= 11 is 0. The van der Waals surface area contributed by atoms with Crippen molar-refractivity contribution >= 4 is 23.3 Å². The van der Waals surface area contributed by atoms with Crippen LogP contribution in [0.25, 0.3) is 0 Å². The number of hydrogen-bond donors (Lipinski definition) is 2. The standard InChI is InChI=1S/C21H25FN4O3.C2H6/c1-14-5-6-18(17(22)10-14)25-19-11-23-8-7-16(19)21(28)24-15-12-26(13-15)9-3-4-20(27)29-2;1-2/h5-8,10-11,15,25H,3-4,9,12-13H2,1-2H3,(H,24,28);1-2H3. The summed E-state index contributed by atoms with van der Waals surface area (Å²) in [6.07, 6.45) is 4.17. The second-order valence-electron chi connectivity index (χ2n) is 7.14. The second kappa shape index (κ2) is 12.0. The fraction of sp³-hybridized carbons (Fsp3) is 0.435. The number of aromatic nitrogens is 1. The molecule has 2 heterocycles. The predicted octanol–water partition coefficient (Wildman–Crippen LogP) is 3.67. The number of likely N-dealkylation sites (tertiary alicyclic amines) is 1. The van der Waals surface area contributed by atoms with Crippen LogP contribution >= 0.6 is 0 Å². The minimum atomic E-state index is -0.387. The van der Waals surface area contributed by atoms with Gasteiger partial charge in [0.2, 0.25) is 0 Å². The number of anilines is 2. The van der Waals surface area contributed by atoms with Crippen molar-refractivity contribution in [1.82, 2.24) is 15.2 Å². The number of methoxy groups -OCH3 is 1. The van der Waals surface area contributed by atoms with Crippen molar-refractivity contribution < 1.29 is 18.7 Å². The predicted molar refractivity (Wildman–Crippen MR) is 119 cm³/mol. The van der Waals surface area contributed by atoms with Gasteiger partial charge in [0.05, 0.1) is 36.3 Å². The van der Waals surface area contributed by atoms with E-state index in [0.29, 0.717) is 17.7 Å². The minimum Gasteiger partial charge on any atom is -0.469 e. The summed E-state index contributed by atoms with van der Waals surface area (Å²) < 4.78 is 18.8. The van der Waals surface area contributed by atoms with E-state index in [2.05, 4.69) is 25.3 Å². The molecule has 1 aromatic carbocycles. The number of carbonyl (C=O) groups excluding carboxylic acids is 2. The average molecular weight is 431 g/mol. The van der Waals surface area contributed by atoms with Crippen LogP contribution in [0.3, 0.4) is 0 Å². The molecule has 7 nitrogen and oxygen atoms in total. The number of nitrogens with zero attached hydrogens (tertiary/aromatic N) is 2. The summed E-state index contributed by atoms with van der Waals surface area (Å²) in [7, 11) is 1.38. The molecular formula is C23H31FN4O3. The number of aryl methyl sites for hydroxylation is 1. The van der Waals surface area contributed by atoms with Gasteiger partial charge < -0.3 is 15.4 Å². The molecule has 0 unspecified atom stereocenters. The number of hydrogen-bond acceptors (Lipinski definition) is 6. The lowest BCUT2D eigenvalue weighted by Gasteiger charge is -2.39. The highest BCUT2D eigenvalue weighted by Crippen LogP contribution is 2.23. The second-order valence-corrected chi connectivity index (χ2v) is 7.14. The molecule has 0 aliphatic carbocycles. The largest absolute Gasteiger partial charge is 0.469 e. The van der Waals surface area contributed by atoms with Crippen molar-refractivity contribution in [2.75, 3.05) is 32.1 Å². The van der Waals surface area contributed by atoms with Crippen molar-refractivity contribution in [3.05, 3.63) is 53.6 Å². The molecule has 1 saturated heterocycles. The molecule has 1 aliphatic heterocycles. The van der Waals surface area contributed by atoms with E-state index in [1.54, 1.807) is 18.2 Å². The first-order chi connectivity index (χ1) is 15.0. The van der Waals surface area contributed by atoms with E-state index < -0.39 is 0 Å². The zero-order valence-corrected chi connectivity index (χ0v) is 18.6. The van der Waals surface area contributed by atoms with Crippen LogP contribution in [0, 0.1) is 12.7 Å². The molecule has 0 saturated carbocycles. The third-order valence-electron chi connectivity index (χ3n) is 4.83. The molecule has 2 N–H and O–H groups in total. The number of rotatable bonds is 8.